The fourth-order valence-electron chi connectivity index (χ4n) is 1.78. The highest BCUT2D eigenvalue weighted by molar-refractivity contribution is 9.10. The summed E-state index contributed by atoms with van der Waals surface area (Å²) in [5.74, 6) is 1.58. The molecule has 1 heterocycles. The van der Waals surface area contributed by atoms with Crippen LogP contribution in [0.5, 0.6) is 0 Å². The van der Waals surface area contributed by atoms with Gasteiger partial charge in [-0.05, 0) is 28.1 Å². The summed E-state index contributed by atoms with van der Waals surface area (Å²) in [5.41, 5.74) is 6.64. The number of thioether (sulfide) groups is 1. The molecular weight excluding hydrogens is 288 g/mol. The van der Waals surface area contributed by atoms with E-state index in [2.05, 4.69) is 15.9 Å². The second-order valence-electron chi connectivity index (χ2n) is 3.62. The number of halogens is 1. The third-order valence-electron chi connectivity index (χ3n) is 2.55. The largest absolute Gasteiger partial charge is 0.328 e. The van der Waals surface area contributed by atoms with Gasteiger partial charge in [-0.2, -0.15) is 0 Å². The van der Waals surface area contributed by atoms with Crippen LogP contribution in [-0.2, 0) is 4.79 Å². The fraction of sp³-hybridized carbons (Fsp3) is 0.364. The van der Waals surface area contributed by atoms with Crippen LogP contribution < -0.4 is 10.6 Å². The smallest absolute Gasteiger partial charge is 0.237 e. The number of anilines is 1. The van der Waals surface area contributed by atoms with Gasteiger partial charge < -0.3 is 10.6 Å². The number of hydrogen-bond donors (Lipinski definition) is 1. The maximum absolute atomic E-state index is 11.9. The number of hydrogen-bond acceptors (Lipinski definition) is 3. The average Bonchev–Trinajstić information content (AvgIpc) is 2.30. The molecule has 0 spiro atoms. The lowest BCUT2D eigenvalue weighted by Gasteiger charge is -2.35. The fourth-order valence-corrected chi connectivity index (χ4v) is 3.25. The van der Waals surface area contributed by atoms with Crippen molar-refractivity contribution in [2.24, 2.45) is 5.73 Å². The van der Waals surface area contributed by atoms with E-state index in [0.29, 0.717) is 12.3 Å². The number of benzene rings is 1. The summed E-state index contributed by atoms with van der Waals surface area (Å²) in [4.78, 5) is 13.8. The number of carbonyl (C=O) groups excluding carboxylic acids is 1. The first-order valence-corrected chi connectivity index (χ1v) is 7.03. The molecule has 86 valence electrons. The van der Waals surface area contributed by atoms with E-state index in [4.69, 9.17) is 5.73 Å². The van der Waals surface area contributed by atoms with E-state index in [1.165, 1.54) is 0 Å². The molecule has 0 radical (unpaired) electrons. The minimum absolute atomic E-state index is 0.102. The van der Waals surface area contributed by atoms with E-state index in [0.717, 1.165) is 15.9 Å². The summed E-state index contributed by atoms with van der Waals surface area (Å²) in [6.45, 7) is 0.500. The summed E-state index contributed by atoms with van der Waals surface area (Å²) in [5, 5.41) is 0. The van der Waals surface area contributed by atoms with Crippen LogP contribution in [0.3, 0.4) is 0 Å². The predicted molar refractivity (Wildman–Crippen MR) is 71.8 cm³/mol. The molecule has 1 fully saturated rings. The van der Waals surface area contributed by atoms with Crippen molar-refractivity contribution in [3.63, 3.8) is 0 Å². The molecule has 1 aliphatic heterocycles. The molecule has 0 aliphatic carbocycles. The third-order valence-corrected chi connectivity index (χ3v) is 4.30. The van der Waals surface area contributed by atoms with Crippen LogP contribution >= 0.6 is 27.7 Å². The Balaban J connectivity index is 2.36. The van der Waals surface area contributed by atoms with E-state index in [1.54, 1.807) is 11.8 Å². The first-order valence-electron chi connectivity index (χ1n) is 5.08. The van der Waals surface area contributed by atoms with Gasteiger partial charge in [-0.15, -0.1) is 11.8 Å². The van der Waals surface area contributed by atoms with Gasteiger partial charge in [0.25, 0.3) is 0 Å². The van der Waals surface area contributed by atoms with Crippen molar-refractivity contribution in [2.75, 3.05) is 23.0 Å². The Hall–Kier alpha value is -0.520. The zero-order valence-corrected chi connectivity index (χ0v) is 11.1. The molecule has 1 aromatic rings. The van der Waals surface area contributed by atoms with Gasteiger partial charge in [-0.25, -0.2) is 0 Å². The molecule has 16 heavy (non-hydrogen) atoms. The average molecular weight is 301 g/mol. The molecule has 0 aromatic heterocycles. The minimum atomic E-state index is 0.102. The van der Waals surface area contributed by atoms with Crippen molar-refractivity contribution >= 4 is 39.3 Å². The monoisotopic (exact) mass is 300 g/mol. The van der Waals surface area contributed by atoms with Crippen LogP contribution in [-0.4, -0.2) is 30.0 Å². The summed E-state index contributed by atoms with van der Waals surface area (Å²) in [6, 6.07) is 7.86. The first-order chi connectivity index (χ1) is 7.74. The van der Waals surface area contributed by atoms with Gasteiger partial charge in [-0.3, -0.25) is 4.79 Å². The number of nitrogens with zero attached hydrogens (tertiary/aromatic N) is 1. The van der Waals surface area contributed by atoms with Gasteiger partial charge in [0.2, 0.25) is 5.91 Å². The van der Waals surface area contributed by atoms with Crippen molar-refractivity contribution in [3.05, 3.63) is 28.7 Å². The van der Waals surface area contributed by atoms with E-state index in [1.807, 2.05) is 29.2 Å². The van der Waals surface area contributed by atoms with Crippen LogP contribution in [0, 0.1) is 0 Å². The minimum Gasteiger partial charge on any atom is -0.328 e. The molecule has 1 unspecified atom stereocenters. The molecule has 0 saturated carbocycles. The Morgan fingerprint density at radius 2 is 2.25 bits per heavy atom. The highest BCUT2D eigenvalue weighted by Gasteiger charge is 2.29. The van der Waals surface area contributed by atoms with Crippen LogP contribution in [0.1, 0.15) is 0 Å². The molecule has 1 amide bonds. The lowest BCUT2D eigenvalue weighted by atomic mass is 10.2. The second kappa shape index (κ2) is 5.21. The number of rotatable bonds is 2. The van der Waals surface area contributed by atoms with Gasteiger partial charge in [-0.1, -0.05) is 12.1 Å². The van der Waals surface area contributed by atoms with Crippen LogP contribution in [0.2, 0.25) is 0 Å². The molecule has 1 saturated heterocycles. The molecular formula is C11H13BrN2OS. The van der Waals surface area contributed by atoms with E-state index in [9.17, 15) is 4.79 Å². The Morgan fingerprint density at radius 3 is 2.94 bits per heavy atom. The van der Waals surface area contributed by atoms with Crippen molar-refractivity contribution in [1.29, 1.82) is 0 Å². The number of nitrogens with two attached hydrogens (primary N) is 1. The van der Waals surface area contributed by atoms with Gasteiger partial charge in [0.1, 0.15) is 0 Å². The van der Waals surface area contributed by atoms with Crippen LogP contribution in [0.15, 0.2) is 28.7 Å². The van der Waals surface area contributed by atoms with E-state index in [-0.39, 0.29) is 11.9 Å². The third kappa shape index (κ3) is 2.26. The van der Waals surface area contributed by atoms with Crippen LogP contribution in [0.4, 0.5) is 5.69 Å². The molecule has 0 bridgehead atoms. The summed E-state index contributed by atoms with van der Waals surface area (Å²) >= 11 is 5.13. The zero-order valence-electron chi connectivity index (χ0n) is 8.73. The number of carbonyl (C=O) groups is 1. The molecule has 1 aromatic carbocycles. The molecule has 2 rings (SSSR count). The highest BCUT2D eigenvalue weighted by Crippen LogP contribution is 2.30. The van der Waals surface area contributed by atoms with Crippen molar-refractivity contribution in [2.45, 2.75) is 6.04 Å². The van der Waals surface area contributed by atoms with E-state index >= 15 is 0 Å². The topological polar surface area (TPSA) is 46.3 Å². The second-order valence-corrected chi connectivity index (χ2v) is 5.50. The number of para-hydroxylation sites is 1. The lowest BCUT2D eigenvalue weighted by Crippen LogP contribution is -2.50. The number of amides is 1. The SMILES string of the molecule is NCC1CSCC(=O)N1c1ccccc1Br. The Bertz CT molecular complexity index is 399. The van der Waals surface area contributed by atoms with E-state index < -0.39 is 0 Å². The lowest BCUT2D eigenvalue weighted by molar-refractivity contribution is -0.116. The Kier molecular flexibility index (Phi) is 3.89. The van der Waals surface area contributed by atoms with Crippen molar-refractivity contribution < 1.29 is 4.79 Å². The molecule has 2 N–H and O–H groups in total. The maximum atomic E-state index is 11.9. The predicted octanol–water partition coefficient (Wildman–Crippen LogP) is 1.86. The molecule has 1 aliphatic rings. The van der Waals surface area contributed by atoms with Gasteiger partial charge in [0, 0.05) is 16.8 Å². The maximum Gasteiger partial charge on any atom is 0.237 e. The zero-order chi connectivity index (χ0) is 11.5. The molecule has 5 heteroatoms. The standard InChI is InChI=1S/C11H13BrN2OS/c12-9-3-1-2-4-10(9)14-8(5-13)6-16-7-11(14)15/h1-4,8H,5-7,13H2. The Labute approximate surface area is 108 Å². The molecule has 1 atom stereocenters. The quantitative estimate of drug-likeness (QED) is 0.907. The first kappa shape index (κ1) is 12.0. The highest BCUT2D eigenvalue weighted by atomic mass is 79.9. The van der Waals surface area contributed by atoms with Crippen LogP contribution in [0.25, 0.3) is 0 Å². The van der Waals surface area contributed by atoms with Crippen molar-refractivity contribution in [1.82, 2.24) is 0 Å². The van der Waals surface area contributed by atoms with Gasteiger partial charge in [0.05, 0.1) is 17.5 Å². The molecule has 3 nitrogen and oxygen atoms in total. The van der Waals surface area contributed by atoms with Gasteiger partial charge >= 0.3 is 0 Å². The van der Waals surface area contributed by atoms with Crippen molar-refractivity contribution in [3.8, 4) is 0 Å². The van der Waals surface area contributed by atoms with Gasteiger partial charge in [0.15, 0.2) is 0 Å². The summed E-state index contributed by atoms with van der Waals surface area (Å²) < 4.78 is 0.939. The Morgan fingerprint density at radius 1 is 1.50 bits per heavy atom. The normalized spacial score (nSPS) is 21.2. The summed E-state index contributed by atoms with van der Waals surface area (Å²) in [6.07, 6.45) is 0. The summed E-state index contributed by atoms with van der Waals surface area (Å²) in [7, 11) is 0.